The van der Waals surface area contributed by atoms with Gasteiger partial charge < -0.3 is 15.2 Å². The maximum atomic E-state index is 12.1. The van der Waals surface area contributed by atoms with Crippen molar-refractivity contribution in [1.82, 2.24) is 4.98 Å². The Labute approximate surface area is 75.6 Å². The molecule has 1 aromatic rings. The first-order chi connectivity index (χ1) is 6.43. The van der Waals surface area contributed by atoms with Crippen molar-refractivity contribution >= 4 is 5.97 Å². The summed E-state index contributed by atoms with van der Waals surface area (Å²) < 4.78 is 24.3. The van der Waals surface area contributed by atoms with Crippen molar-refractivity contribution in [3.63, 3.8) is 0 Å². The van der Waals surface area contributed by atoms with E-state index in [1.165, 1.54) is 0 Å². The third kappa shape index (κ3) is 1.70. The number of hydrogen-bond acceptors (Lipinski definition) is 3. The van der Waals surface area contributed by atoms with Crippen LogP contribution in [0.1, 0.15) is 22.6 Å². The SMILES string of the molecule is O=C(O)c1cc(=O)c(O)c(C(F)F)[nH]1. The van der Waals surface area contributed by atoms with E-state index in [0.29, 0.717) is 6.07 Å². The van der Waals surface area contributed by atoms with Crippen molar-refractivity contribution in [2.24, 2.45) is 0 Å². The van der Waals surface area contributed by atoms with Gasteiger partial charge >= 0.3 is 5.97 Å². The summed E-state index contributed by atoms with van der Waals surface area (Å²) in [5.41, 5.74) is -2.94. The number of rotatable bonds is 2. The molecule has 5 nitrogen and oxygen atoms in total. The van der Waals surface area contributed by atoms with E-state index in [0.717, 1.165) is 0 Å². The van der Waals surface area contributed by atoms with Crippen molar-refractivity contribution in [2.75, 3.05) is 0 Å². The van der Waals surface area contributed by atoms with Crippen LogP contribution in [-0.2, 0) is 0 Å². The molecule has 0 unspecified atom stereocenters. The third-order valence-corrected chi connectivity index (χ3v) is 1.48. The monoisotopic (exact) mass is 205 g/mol. The molecule has 0 aliphatic heterocycles. The predicted octanol–water partition coefficient (Wildman–Crippen LogP) is 0.716. The molecule has 0 bridgehead atoms. The summed E-state index contributed by atoms with van der Waals surface area (Å²) in [5, 5.41) is 17.3. The second-order valence-corrected chi connectivity index (χ2v) is 2.42. The Bertz CT molecular complexity index is 426. The number of aromatic amines is 1. The minimum absolute atomic E-state index is 0.531. The Hall–Kier alpha value is -1.92. The van der Waals surface area contributed by atoms with Crippen LogP contribution in [0.25, 0.3) is 0 Å². The molecule has 0 spiro atoms. The molecule has 1 aromatic heterocycles. The molecule has 0 aliphatic rings. The van der Waals surface area contributed by atoms with Crippen LogP contribution in [0.15, 0.2) is 10.9 Å². The maximum Gasteiger partial charge on any atom is 0.352 e. The highest BCUT2D eigenvalue weighted by molar-refractivity contribution is 5.85. The fourth-order valence-electron chi connectivity index (χ4n) is 0.846. The number of aromatic carboxylic acids is 1. The average molecular weight is 205 g/mol. The molecule has 0 atom stereocenters. The van der Waals surface area contributed by atoms with E-state index in [1.807, 2.05) is 0 Å². The molecule has 1 heterocycles. The van der Waals surface area contributed by atoms with E-state index in [1.54, 1.807) is 4.98 Å². The number of nitrogens with one attached hydrogen (secondary N) is 1. The second kappa shape index (κ2) is 3.44. The van der Waals surface area contributed by atoms with Gasteiger partial charge in [-0.15, -0.1) is 0 Å². The highest BCUT2D eigenvalue weighted by Gasteiger charge is 2.19. The number of carbonyl (C=O) groups is 1. The van der Waals surface area contributed by atoms with Crippen molar-refractivity contribution in [2.45, 2.75) is 6.43 Å². The van der Waals surface area contributed by atoms with Gasteiger partial charge in [0.1, 0.15) is 11.4 Å². The van der Waals surface area contributed by atoms with Crippen molar-refractivity contribution in [3.05, 3.63) is 27.7 Å². The molecule has 0 aromatic carbocycles. The highest BCUT2D eigenvalue weighted by Crippen LogP contribution is 2.22. The molecule has 0 saturated carbocycles. The van der Waals surface area contributed by atoms with E-state index >= 15 is 0 Å². The lowest BCUT2D eigenvalue weighted by molar-refractivity contribution is 0.0688. The Morgan fingerprint density at radius 1 is 1.50 bits per heavy atom. The summed E-state index contributed by atoms with van der Waals surface area (Å²) in [5.74, 6) is -2.71. The lowest BCUT2D eigenvalue weighted by atomic mass is 10.2. The molecule has 0 saturated heterocycles. The van der Waals surface area contributed by atoms with E-state index in [-0.39, 0.29) is 0 Å². The summed E-state index contributed by atoms with van der Waals surface area (Å²) in [6.07, 6.45) is -3.14. The van der Waals surface area contributed by atoms with Gasteiger partial charge in [-0.3, -0.25) is 4.79 Å². The molecule has 0 aliphatic carbocycles. The molecule has 1 rings (SSSR count). The Kier molecular flexibility index (Phi) is 2.50. The zero-order chi connectivity index (χ0) is 10.9. The van der Waals surface area contributed by atoms with Crippen LogP contribution in [0, 0.1) is 0 Å². The Morgan fingerprint density at radius 2 is 2.07 bits per heavy atom. The quantitative estimate of drug-likeness (QED) is 0.663. The lowest BCUT2D eigenvalue weighted by Crippen LogP contribution is -2.12. The summed E-state index contributed by atoms with van der Waals surface area (Å²) in [6, 6.07) is 0.531. The molecular formula is C7H5F2NO4. The van der Waals surface area contributed by atoms with Crippen LogP contribution in [-0.4, -0.2) is 21.2 Å². The maximum absolute atomic E-state index is 12.1. The van der Waals surface area contributed by atoms with Crippen LogP contribution in [0.2, 0.25) is 0 Å². The topological polar surface area (TPSA) is 90.4 Å². The Balaban J connectivity index is 3.43. The lowest BCUT2D eigenvalue weighted by Gasteiger charge is -2.03. The number of halogens is 2. The number of hydrogen-bond donors (Lipinski definition) is 3. The first-order valence-corrected chi connectivity index (χ1v) is 3.41. The van der Waals surface area contributed by atoms with Gasteiger partial charge in [-0.05, 0) is 0 Å². The molecule has 3 N–H and O–H groups in total. The third-order valence-electron chi connectivity index (χ3n) is 1.48. The molecule has 76 valence electrons. The van der Waals surface area contributed by atoms with Gasteiger partial charge in [0.05, 0.1) is 0 Å². The number of carboxylic acid groups (broad SMARTS) is 1. The smallest absolute Gasteiger partial charge is 0.352 e. The van der Waals surface area contributed by atoms with Crippen LogP contribution >= 0.6 is 0 Å². The van der Waals surface area contributed by atoms with Crippen LogP contribution in [0.3, 0.4) is 0 Å². The van der Waals surface area contributed by atoms with E-state index in [2.05, 4.69) is 0 Å². The van der Waals surface area contributed by atoms with Gasteiger partial charge in [0, 0.05) is 6.07 Å². The van der Waals surface area contributed by atoms with Gasteiger partial charge in [0.2, 0.25) is 5.43 Å². The van der Waals surface area contributed by atoms with Crippen LogP contribution in [0.5, 0.6) is 5.75 Å². The Morgan fingerprint density at radius 3 is 2.50 bits per heavy atom. The average Bonchev–Trinajstić information content (AvgIpc) is 2.08. The minimum atomic E-state index is -3.14. The van der Waals surface area contributed by atoms with Crippen LogP contribution in [0.4, 0.5) is 8.78 Å². The van der Waals surface area contributed by atoms with Crippen LogP contribution < -0.4 is 5.43 Å². The highest BCUT2D eigenvalue weighted by atomic mass is 19.3. The molecule has 0 radical (unpaired) electrons. The summed E-state index contributed by atoms with van der Waals surface area (Å²) >= 11 is 0. The summed E-state index contributed by atoms with van der Waals surface area (Å²) in [4.78, 5) is 22.9. The van der Waals surface area contributed by atoms with Gasteiger partial charge in [-0.1, -0.05) is 0 Å². The first-order valence-electron chi connectivity index (χ1n) is 3.41. The molecule has 0 amide bonds. The number of pyridine rings is 1. The summed E-state index contributed by atoms with van der Waals surface area (Å²) in [7, 11) is 0. The fourth-order valence-corrected chi connectivity index (χ4v) is 0.846. The number of aromatic hydroxyl groups is 1. The van der Waals surface area contributed by atoms with Crippen molar-refractivity contribution < 1.29 is 23.8 Å². The van der Waals surface area contributed by atoms with Crippen molar-refractivity contribution in [1.29, 1.82) is 0 Å². The van der Waals surface area contributed by atoms with Gasteiger partial charge in [0.25, 0.3) is 6.43 Å². The standard InChI is InChI=1S/C7H5F2NO4/c8-6(9)4-5(12)3(11)1-2(10-4)7(13)14/h1,6,12H,(H,10,11)(H,13,14). The number of H-pyrrole nitrogens is 1. The zero-order valence-electron chi connectivity index (χ0n) is 6.62. The number of carboxylic acids is 1. The minimum Gasteiger partial charge on any atom is -0.503 e. The van der Waals surface area contributed by atoms with E-state index in [9.17, 15) is 18.4 Å². The first kappa shape index (κ1) is 10.2. The number of aromatic nitrogens is 1. The number of alkyl halides is 2. The van der Waals surface area contributed by atoms with Gasteiger partial charge in [-0.2, -0.15) is 0 Å². The van der Waals surface area contributed by atoms with Gasteiger partial charge in [0.15, 0.2) is 5.75 Å². The zero-order valence-corrected chi connectivity index (χ0v) is 6.62. The van der Waals surface area contributed by atoms with E-state index in [4.69, 9.17) is 10.2 Å². The second-order valence-electron chi connectivity index (χ2n) is 2.42. The molecular weight excluding hydrogens is 200 g/mol. The van der Waals surface area contributed by atoms with E-state index < -0.39 is 35.0 Å². The predicted molar refractivity (Wildman–Crippen MR) is 40.6 cm³/mol. The molecule has 14 heavy (non-hydrogen) atoms. The largest absolute Gasteiger partial charge is 0.503 e. The molecule has 7 heteroatoms. The van der Waals surface area contributed by atoms with Gasteiger partial charge in [-0.25, -0.2) is 13.6 Å². The van der Waals surface area contributed by atoms with Crippen molar-refractivity contribution in [3.8, 4) is 5.75 Å². The fraction of sp³-hybridized carbons (Fsp3) is 0.143. The summed E-state index contributed by atoms with van der Waals surface area (Å²) in [6.45, 7) is 0. The normalized spacial score (nSPS) is 10.5. The molecule has 0 fully saturated rings.